The summed E-state index contributed by atoms with van der Waals surface area (Å²) in [5, 5.41) is 8.83. The molecule has 0 spiro atoms. The molecule has 0 bridgehead atoms. The van der Waals surface area contributed by atoms with Crippen LogP contribution in [0.2, 0.25) is 0 Å². The highest BCUT2D eigenvalue weighted by molar-refractivity contribution is 6.11. The van der Waals surface area contributed by atoms with E-state index in [1.165, 1.54) is 24.3 Å². The number of rotatable bonds is 3. The van der Waals surface area contributed by atoms with Crippen LogP contribution in [0.1, 0.15) is 21.5 Å². The molecule has 0 aromatic heterocycles. The van der Waals surface area contributed by atoms with Gasteiger partial charge < -0.3 is 14.7 Å². The highest BCUT2D eigenvalue weighted by atomic mass is 19.4. The quantitative estimate of drug-likeness (QED) is 0.934. The van der Waals surface area contributed by atoms with Crippen LogP contribution in [0.4, 0.5) is 13.2 Å². The fourth-order valence-corrected chi connectivity index (χ4v) is 3.00. The second-order valence-electron chi connectivity index (χ2n) is 5.39. The molecule has 5 nitrogen and oxygen atoms in total. The van der Waals surface area contributed by atoms with E-state index in [2.05, 4.69) is 0 Å². The molecule has 0 saturated heterocycles. The van der Waals surface area contributed by atoms with Crippen molar-refractivity contribution in [2.24, 2.45) is 0 Å². The molecule has 1 aliphatic heterocycles. The highest BCUT2D eigenvalue weighted by Gasteiger charge is 2.38. The van der Waals surface area contributed by atoms with Gasteiger partial charge in [-0.05, 0) is 28.5 Å². The number of fused-ring (bicyclic) bond motifs is 3. The SMILES string of the molecule is COc1ccc2c3c(ccc2c1C(F)(F)F)CN(CC(=O)O)C3=O. The number of methoxy groups -OCH3 is 1. The summed E-state index contributed by atoms with van der Waals surface area (Å²) < 4.78 is 45.0. The summed E-state index contributed by atoms with van der Waals surface area (Å²) in [6, 6.07) is 5.27. The van der Waals surface area contributed by atoms with Gasteiger partial charge in [0.05, 0.1) is 12.7 Å². The second-order valence-corrected chi connectivity index (χ2v) is 5.39. The van der Waals surface area contributed by atoms with Crippen LogP contribution in [-0.4, -0.2) is 35.5 Å². The molecule has 2 aromatic carbocycles. The number of hydrogen-bond acceptors (Lipinski definition) is 3. The Morgan fingerprint density at radius 2 is 1.92 bits per heavy atom. The van der Waals surface area contributed by atoms with Crippen LogP contribution in [0.5, 0.6) is 5.75 Å². The molecule has 24 heavy (non-hydrogen) atoms. The Morgan fingerprint density at radius 3 is 2.50 bits per heavy atom. The lowest BCUT2D eigenvalue weighted by atomic mass is 9.96. The standard InChI is InChI=1S/C16H12F3NO4/c1-24-11-5-4-9-10(14(11)16(17,18)19)3-2-8-6-20(7-12(21)22)15(23)13(8)9/h2-5H,6-7H2,1H3,(H,21,22). The smallest absolute Gasteiger partial charge is 0.420 e. The molecule has 0 radical (unpaired) electrons. The van der Waals surface area contributed by atoms with E-state index in [9.17, 15) is 22.8 Å². The van der Waals surface area contributed by atoms with E-state index in [0.29, 0.717) is 5.56 Å². The lowest BCUT2D eigenvalue weighted by Crippen LogP contribution is -2.29. The number of nitrogens with zero attached hydrogens (tertiary/aromatic N) is 1. The van der Waals surface area contributed by atoms with Gasteiger partial charge in [-0.15, -0.1) is 0 Å². The van der Waals surface area contributed by atoms with Gasteiger partial charge in [0.1, 0.15) is 17.9 Å². The first kappa shape index (κ1) is 16.1. The first-order valence-electron chi connectivity index (χ1n) is 6.95. The summed E-state index contributed by atoms with van der Waals surface area (Å²) in [6.45, 7) is -0.443. The number of carboxylic acids is 1. The number of alkyl halides is 3. The normalized spacial score (nSPS) is 14.2. The van der Waals surface area contributed by atoms with Gasteiger partial charge in [-0.3, -0.25) is 9.59 Å². The van der Waals surface area contributed by atoms with Gasteiger partial charge in [0, 0.05) is 6.54 Å². The number of halogens is 3. The predicted molar refractivity (Wildman–Crippen MR) is 77.9 cm³/mol. The summed E-state index contributed by atoms with van der Waals surface area (Å²) in [6.07, 6.45) is -4.65. The number of carbonyl (C=O) groups excluding carboxylic acids is 1. The van der Waals surface area contributed by atoms with Crippen molar-refractivity contribution in [2.75, 3.05) is 13.7 Å². The van der Waals surface area contributed by atoms with E-state index in [1.54, 1.807) is 0 Å². The lowest BCUT2D eigenvalue weighted by Gasteiger charge is -2.16. The summed E-state index contributed by atoms with van der Waals surface area (Å²) in [7, 11) is 1.14. The third kappa shape index (κ3) is 2.44. The van der Waals surface area contributed by atoms with Crippen molar-refractivity contribution in [1.82, 2.24) is 4.90 Å². The van der Waals surface area contributed by atoms with Gasteiger partial charge in [-0.25, -0.2) is 0 Å². The van der Waals surface area contributed by atoms with Crippen molar-refractivity contribution >= 4 is 22.6 Å². The lowest BCUT2D eigenvalue weighted by molar-refractivity contribution is -0.138. The van der Waals surface area contributed by atoms with Gasteiger partial charge >= 0.3 is 12.1 Å². The van der Waals surface area contributed by atoms with Crippen molar-refractivity contribution in [3.63, 3.8) is 0 Å². The van der Waals surface area contributed by atoms with Gasteiger partial charge in [-0.1, -0.05) is 12.1 Å². The molecule has 1 aliphatic rings. The topological polar surface area (TPSA) is 66.8 Å². The van der Waals surface area contributed by atoms with Gasteiger partial charge in [0.2, 0.25) is 0 Å². The highest BCUT2D eigenvalue weighted by Crippen LogP contribution is 2.43. The van der Waals surface area contributed by atoms with E-state index in [1.807, 2.05) is 0 Å². The molecule has 126 valence electrons. The van der Waals surface area contributed by atoms with E-state index < -0.39 is 30.2 Å². The third-order valence-corrected chi connectivity index (χ3v) is 3.94. The van der Waals surface area contributed by atoms with Crippen LogP contribution in [0.3, 0.4) is 0 Å². The number of ether oxygens (including phenoxy) is 1. The minimum absolute atomic E-state index is 0.0593. The van der Waals surface area contributed by atoms with Crippen LogP contribution in [0.25, 0.3) is 10.8 Å². The third-order valence-electron chi connectivity index (χ3n) is 3.94. The van der Waals surface area contributed by atoms with Crippen molar-refractivity contribution in [3.05, 3.63) is 41.0 Å². The molecule has 0 aliphatic carbocycles. The molecular formula is C16H12F3NO4. The molecule has 8 heteroatoms. The Bertz CT molecular complexity index is 861. The zero-order valence-electron chi connectivity index (χ0n) is 12.5. The van der Waals surface area contributed by atoms with Gasteiger partial charge in [0.15, 0.2) is 0 Å². The maximum absolute atomic E-state index is 13.4. The monoisotopic (exact) mass is 339 g/mol. The van der Waals surface area contributed by atoms with Crippen molar-refractivity contribution in [3.8, 4) is 5.75 Å². The fraction of sp³-hybridized carbons (Fsp3) is 0.250. The zero-order chi connectivity index (χ0) is 17.6. The minimum atomic E-state index is -4.65. The van der Waals surface area contributed by atoms with Crippen LogP contribution >= 0.6 is 0 Å². The van der Waals surface area contributed by atoms with E-state index >= 15 is 0 Å². The number of benzene rings is 2. The number of hydrogen-bond donors (Lipinski definition) is 1. The minimum Gasteiger partial charge on any atom is -0.496 e. The Labute approximate surface area is 134 Å². The molecule has 0 atom stereocenters. The molecule has 1 heterocycles. The molecule has 3 rings (SSSR count). The van der Waals surface area contributed by atoms with Crippen LogP contribution in [0.15, 0.2) is 24.3 Å². The molecule has 0 saturated carbocycles. The van der Waals surface area contributed by atoms with Crippen LogP contribution < -0.4 is 4.74 Å². The van der Waals surface area contributed by atoms with E-state index in [0.717, 1.165) is 12.0 Å². The number of carbonyl (C=O) groups is 2. The average molecular weight is 339 g/mol. The summed E-state index contributed by atoms with van der Waals surface area (Å²) in [5.41, 5.74) is -0.330. The van der Waals surface area contributed by atoms with Crippen molar-refractivity contribution in [1.29, 1.82) is 0 Å². The molecule has 0 fully saturated rings. The molecular weight excluding hydrogens is 327 g/mol. The summed E-state index contributed by atoms with van der Waals surface area (Å²) in [5.74, 6) is -2.10. The van der Waals surface area contributed by atoms with Crippen LogP contribution in [0, 0.1) is 0 Å². The fourth-order valence-electron chi connectivity index (χ4n) is 3.00. The molecule has 2 aromatic rings. The Balaban J connectivity index is 2.24. The largest absolute Gasteiger partial charge is 0.496 e. The maximum Gasteiger partial charge on any atom is 0.420 e. The zero-order valence-corrected chi connectivity index (χ0v) is 12.5. The Hall–Kier alpha value is -2.77. The van der Waals surface area contributed by atoms with Crippen molar-refractivity contribution < 1.29 is 32.6 Å². The average Bonchev–Trinajstić information content (AvgIpc) is 2.80. The first-order chi connectivity index (χ1) is 11.2. The first-order valence-corrected chi connectivity index (χ1v) is 6.95. The molecule has 1 amide bonds. The van der Waals surface area contributed by atoms with Crippen LogP contribution in [-0.2, 0) is 17.5 Å². The van der Waals surface area contributed by atoms with Gasteiger partial charge in [0.25, 0.3) is 5.91 Å². The number of carboxylic acid groups (broad SMARTS) is 1. The predicted octanol–water partition coefficient (Wildman–Crippen LogP) is 2.91. The Kier molecular flexibility index (Phi) is 3.62. The molecule has 0 unspecified atom stereocenters. The summed E-state index contributed by atoms with van der Waals surface area (Å²) >= 11 is 0. The van der Waals surface area contributed by atoms with E-state index in [-0.39, 0.29) is 28.6 Å². The van der Waals surface area contributed by atoms with Crippen molar-refractivity contribution in [2.45, 2.75) is 12.7 Å². The summed E-state index contributed by atoms with van der Waals surface area (Å²) in [4.78, 5) is 24.3. The maximum atomic E-state index is 13.4. The number of aliphatic carboxylic acids is 1. The van der Waals surface area contributed by atoms with E-state index in [4.69, 9.17) is 9.84 Å². The number of amides is 1. The molecule has 1 N–H and O–H groups in total. The Morgan fingerprint density at radius 1 is 1.25 bits per heavy atom. The van der Waals surface area contributed by atoms with Gasteiger partial charge in [-0.2, -0.15) is 13.2 Å². The second kappa shape index (κ2) is 5.40.